The molecule has 1 aromatic rings. The lowest BCUT2D eigenvalue weighted by Gasteiger charge is -2.11. The molecule has 0 aromatic heterocycles. The van der Waals surface area contributed by atoms with Crippen LogP contribution in [0.5, 0.6) is 0 Å². The summed E-state index contributed by atoms with van der Waals surface area (Å²) in [5.41, 5.74) is 1.21. The third kappa shape index (κ3) is 9.56. The molecule has 0 atom stereocenters. The summed E-state index contributed by atoms with van der Waals surface area (Å²) in [4.78, 5) is 15.7. The van der Waals surface area contributed by atoms with Crippen LogP contribution in [-0.4, -0.2) is 52.3 Å². The number of nitrogens with one attached hydrogen (secondary N) is 3. The van der Waals surface area contributed by atoms with E-state index in [0.29, 0.717) is 25.7 Å². The van der Waals surface area contributed by atoms with Crippen LogP contribution in [0.25, 0.3) is 0 Å². The Kier molecular flexibility index (Phi) is 12.5. The predicted octanol–water partition coefficient (Wildman–Crippen LogP) is 0.775. The van der Waals surface area contributed by atoms with Crippen molar-refractivity contribution in [3.63, 3.8) is 0 Å². The number of halogens is 1. The number of carbonyl (C=O) groups is 1. The molecule has 1 rings (SSSR count). The lowest BCUT2D eigenvalue weighted by Crippen LogP contribution is -2.44. The first-order valence-electron chi connectivity index (χ1n) is 7.00. The summed E-state index contributed by atoms with van der Waals surface area (Å²) in [6, 6.07) is 10.1. The Morgan fingerprint density at radius 3 is 2.50 bits per heavy atom. The molecule has 0 aliphatic carbocycles. The van der Waals surface area contributed by atoms with Gasteiger partial charge in [0.15, 0.2) is 5.96 Å². The fraction of sp³-hybridized carbons (Fsp3) is 0.467. The molecular weight excluding hydrogens is 395 g/mol. The van der Waals surface area contributed by atoms with Gasteiger partial charge >= 0.3 is 0 Å². The first kappa shape index (κ1) is 20.6. The molecule has 124 valence electrons. The van der Waals surface area contributed by atoms with Gasteiger partial charge in [0.05, 0.1) is 13.2 Å². The van der Waals surface area contributed by atoms with Crippen LogP contribution in [-0.2, 0) is 16.0 Å². The highest BCUT2D eigenvalue weighted by atomic mass is 127. The number of amides is 1. The van der Waals surface area contributed by atoms with Crippen molar-refractivity contribution in [1.29, 1.82) is 0 Å². The number of benzene rings is 1. The van der Waals surface area contributed by atoms with Crippen molar-refractivity contribution < 1.29 is 9.53 Å². The van der Waals surface area contributed by atoms with Crippen LogP contribution in [0.2, 0.25) is 0 Å². The second-order valence-corrected chi connectivity index (χ2v) is 4.43. The SMILES string of the molecule is CN=C(NCCOC)NCC(=O)NCCc1ccccc1.I. The van der Waals surface area contributed by atoms with Crippen LogP contribution in [0.3, 0.4) is 0 Å². The van der Waals surface area contributed by atoms with Gasteiger partial charge in [0.25, 0.3) is 0 Å². The van der Waals surface area contributed by atoms with Crippen LogP contribution < -0.4 is 16.0 Å². The molecule has 0 unspecified atom stereocenters. The minimum Gasteiger partial charge on any atom is -0.383 e. The van der Waals surface area contributed by atoms with Gasteiger partial charge in [-0.1, -0.05) is 30.3 Å². The van der Waals surface area contributed by atoms with Crippen molar-refractivity contribution in [3.05, 3.63) is 35.9 Å². The molecule has 0 spiro atoms. The maximum absolute atomic E-state index is 11.7. The number of rotatable bonds is 8. The fourth-order valence-corrected chi connectivity index (χ4v) is 1.71. The smallest absolute Gasteiger partial charge is 0.239 e. The van der Waals surface area contributed by atoms with Crippen molar-refractivity contribution in [3.8, 4) is 0 Å². The molecule has 0 bridgehead atoms. The number of hydrogen-bond donors (Lipinski definition) is 3. The van der Waals surface area contributed by atoms with E-state index in [1.807, 2.05) is 30.3 Å². The third-order valence-corrected chi connectivity index (χ3v) is 2.82. The molecule has 7 heteroatoms. The Morgan fingerprint density at radius 2 is 1.86 bits per heavy atom. The quantitative estimate of drug-likeness (QED) is 0.252. The van der Waals surface area contributed by atoms with Crippen LogP contribution in [0.4, 0.5) is 0 Å². The van der Waals surface area contributed by atoms with Gasteiger partial charge in [-0.25, -0.2) is 0 Å². The van der Waals surface area contributed by atoms with Gasteiger partial charge in [-0.2, -0.15) is 0 Å². The summed E-state index contributed by atoms with van der Waals surface area (Å²) in [7, 11) is 3.30. The number of nitrogens with zero attached hydrogens (tertiary/aromatic N) is 1. The summed E-state index contributed by atoms with van der Waals surface area (Å²) >= 11 is 0. The first-order chi connectivity index (χ1) is 10.3. The minimum absolute atomic E-state index is 0. The van der Waals surface area contributed by atoms with Crippen molar-refractivity contribution >= 4 is 35.8 Å². The van der Waals surface area contributed by atoms with E-state index < -0.39 is 0 Å². The number of ether oxygens (including phenoxy) is 1. The van der Waals surface area contributed by atoms with Gasteiger partial charge in [-0.15, -0.1) is 24.0 Å². The number of carbonyl (C=O) groups excluding carboxylic acids is 1. The Labute approximate surface area is 149 Å². The van der Waals surface area contributed by atoms with E-state index in [2.05, 4.69) is 20.9 Å². The van der Waals surface area contributed by atoms with E-state index in [0.717, 1.165) is 6.42 Å². The topological polar surface area (TPSA) is 74.8 Å². The Morgan fingerprint density at radius 1 is 1.14 bits per heavy atom. The van der Waals surface area contributed by atoms with Gasteiger partial charge < -0.3 is 20.7 Å². The van der Waals surface area contributed by atoms with E-state index in [-0.39, 0.29) is 36.4 Å². The van der Waals surface area contributed by atoms with E-state index in [1.165, 1.54) is 5.56 Å². The summed E-state index contributed by atoms with van der Waals surface area (Å²) in [5.74, 6) is 0.533. The predicted molar refractivity (Wildman–Crippen MR) is 99.8 cm³/mol. The fourth-order valence-electron chi connectivity index (χ4n) is 1.71. The Hall–Kier alpha value is -1.35. The highest BCUT2D eigenvalue weighted by Crippen LogP contribution is 1.97. The standard InChI is InChI=1S/C15H24N4O2.HI/c1-16-15(18-10-11-21-2)19-12-14(20)17-9-8-13-6-4-3-5-7-13;/h3-7H,8-12H2,1-2H3,(H,17,20)(H2,16,18,19);1H. The molecule has 0 saturated carbocycles. The van der Waals surface area contributed by atoms with E-state index in [4.69, 9.17) is 4.74 Å². The molecular formula is C15H25IN4O2. The molecule has 0 radical (unpaired) electrons. The zero-order valence-electron chi connectivity index (χ0n) is 13.1. The number of aliphatic imine (C=N–C) groups is 1. The largest absolute Gasteiger partial charge is 0.383 e. The van der Waals surface area contributed by atoms with Gasteiger partial charge in [-0.3, -0.25) is 9.79 Å². The maximum Gasteiger partial charge on any atom is 0.239 e. The first-order valence-corrected chi connectivity index (χ1v) is 7.00. The lowest BCUT2D eigenvalue weighted by atomic mass is 10.1. The zero-order valence-corrected chi connectivity index (χ0v) is 15.4. The van der Waals surface area contributed by atoms with Crippen molar-refractivity contribution in [2.75, 3.05) is 40.4 Å². The normalized spacial score (nSPS) is 10.5. The highest BCUT2D eigenvalue weighted by molar-refractivity contribution is 14.0. The third-order valence-electron chi connectivity index (χ3n) is 2.82. The van der Waals surface area contributed by atoms with Crippen LogP contribution in [0.1, 0.15) is 5.56 Å². The summed E-state index contributed by atoms with van der Waals surface area (Å²) in [6.45, 7) is 2.05. The molecule has 1 amide bonds. The molecule has 0 aliphatic rings. The second kappa shape index (κ2) is 13.3. The van der Waals surface area contributed by atoms with Crippen molar-refractivity contribution in [2.24, 2.45) is 4.99 Å². The van der Waals surface area contributed by atoms with Crippen LogP contribution in [0, 0.1) is 0 Å². The summed E-state index contributed by atoms with van der Waals surface area (Å²) < 4.78 is 4.93. The maximum atomic E-state index is 11.7. The molecule has 3 N–H and O–H groups in total. The van der Waals surface area contributed by atoms with Gasteiger partial charge in [0, 0.05) is 27.2 Å². The molecule has 0 heterocycles. The number of hydrogen-bond acceptors (Lipinski definition) is 3. The van der Waals surface area contributed by atoms with Crippen molar-refractivity contribution in [1.82, 2.24) is 16.0 Å². The molecule has 0 fully saturated rings. The van der Waals surface area contributed by atoms with Crippen LogP contribution >= 0.6 is 24.0 Å². The van der Waals surface area contributed by atoms with Gasteiger partial charge in [-0.05, 0) is 12.0 Å². The lowest BCUT2D eigenvalue weighted by molar-refractivity contribution is -0.119. The van der Waals surface area contributed by atoms with Gasteiger partial charge in [0.2, 0.25) is 5.91 Å². The molecule has 22 heavy (non-hydrogen) atoms. The molecule has 6 nitrogen and oxygen atoms in total. The number of methoxy groups -OCH3 is 1. The van der Waals surface area contributed by atoms with Crippen molar-refractivity contribution in [2.45, 2.75) is 6.42 Å². The zero-order chi connectivity index (χ0) is 15.3. The summed E-state index contributed by atoms with van der Waals surface area (Å²) in [6.07, 6.45) is 0.827. The minimum atomic E-state index is -0.0550. The molecule has 0 aliphatic heterocycles. The summed E-state index contributed by atoms with van der Waals surface area (Å²) in [5, 5.41) is 8.86. The Balaban J connectivity index is 0.00000441. The molecule has 1 aromatic carbocycles. The van der Waals surface area contributed by atoms with E-state index >= 15 is 0 Å². The van der Waals surface area contributed by atoms with Gasteiger partial charge in [0.1, 0.15) is 0 Å². The average Bonchev–Trinajstić information content (AvgIpc) is 2.52. The van der Waals surface area contributed by atoms with E-state index in [9.17, 15) is 4.79 Å². The van der Waals surface area contributed by atoms with Crippen LogP contribution in [0.15, 0.2) is 35.3 Å². The van der Waals surface area contributed by atoms with E-state index in [1.54, 1.807) is 14.2 Å². The Bertz CT molecular complexity index is 440. The average molecular weight is 420 g/mol. The second-order valence-electron chi connectivity index (χ2n) is 4.43. The monoisotopic (exact) mass is 420 g/mol. The highest BCUT2D eigenvalue weighted by Gasteiger charge is 2.02. The molecule has 0 saturated heterocycles. The number of guanidine groups is 1.